The second-order valence-electron chi connectivity index (χ2n) is 5.60. The molecule has 0 saturated heterocycles. The molecule has 0 aliphatic rings. The molecule has 2 rings (SSSR count). The van der Waals surface area contributed by atoms with Crippen LogP contribution in [-0.4, -0.2) is 29.6 Å². The van der Waals surface area contributed by atoms with E-state index in [0.29, 0.717) is 27.6 Å². The van der Waals surface area contributed by atoms with Crippen molar-refractivity contribution >= 4 is 17.3 Å². The summed E-state index contributed by atoms with van der Waals surface area (Å²) < 4.78 is 14.4. The van der Waals surface area contributed by atoms with Crippen molar-refractivity contribution in [3.05, 3.63) is 34.3 Å². The molecule has 0 aliphatic carbocycles. The molecule has 21 heavy (non-hydrogen) atoms. The van der Waals surface area contributed by atoms with Crippen molar-refractivity contribution in [1.82, 2.24) is 9.59 Å². The van der Waals surface area contributed by atoms with Crippen LogP contribution in [0.25, 0.3) is 0 Å². The molecule has 0 saturated carbocycles. The quantitative estimate of drug-likeness (QED) is 0.812. The van der Waals surface area contributed by atoms with Crippen LogP contribution in [0.5, 0.6) is 11.5 Å². The molecule has 5 nitrogen and oxygen atoms in total. The molecule has 0 radical (unpaired) electrons. The molecule has 1 aromatic carbocycles. The molecule has 0 atom stereocenters. The van der Waals surface area contributed by atoms with Gasteiger partial charge in [0, 0.05) is 11.5 Å². The van der Waals surface area contributed by atoms with E-state index in [-0.39, 0.29) is 11.2 Å². The maximum atomic E-state index is 12.8. The topological polar surface area (TPSA) is 61.3 Å². The highest BCUT2D eigenvalue weighted by atomic mass is 32.1. The lowest BCUT2D eigenvalue weighted by Gasteiger charge is -2.16. The van der Waals surface area contributed by atoms with E-state index < -0.39 is 0 Å². The van der Waals surface area contributed by atoms with Crippen LogP contribution in [0.3, 0.4) is 0 Å². The fraction of sp³-hybridized carbons (Fsp3) is 0.400. The van der Waals surface area contributed by atoms with Gasteiger partial charge in [0.2, 0.25) is 5.78 Å². The van der Waals surface area contributed by atoms with Crippen molar-refractivity contribution in [1.29, 1.82) is 0 Å². The van der Waals surface area contributed by atoms with Gasteiger partial charge in [-0.1, -0.05) is 25.3 Å². The molecule has 6 heteroatoms. The second-order valence-corrected chi connectivity index (χ2v) is 6.35. The Kier molecular flexibility index (Phi) is 4.27. The van der Waals surface area contributed by atoms with E-state index >= 15 is 0 Å². The molecule has 2 aromatic rings. The van der Waals surface area contributed by atoms with Crippen LogP contribution >= 0.6 is 11.5 Å². The van der Waals surface area contributed by atoms with Gasteiger partial charge in [-0.05, 0) is 23.7 Å². The summed E-state index contributed by atoms with van der Waals surface area (Å²) in [7, 11) is 3.10. The number of carbonyl (C=O) groups excluding carboxylic acids is 1. The average Bonchev–Trinajstić information content (AvgIpc) is 2.95. The number of hydrogen-bond acceptors (Lipinski definition) is 6. The standard InChI is InChI=1S/C15H18N2O3S/c1-15(2,3)14-13(21-17-16-14)12(18)10-7-6-9(19-4)8-11(10)20-5/h6-8H,1-5H3. The third kappa shape index (κ3) is 3.05. The van der Waals surface area contributed by atoms with Gasteiger partial charge in [-0.3, -0.25) is 4.79 Å². The van der Waals surface area contributed by atoms with Crippen LogP contribution < -0.4 is 9.47 Å². The van der Waals surface area contributed by atoms with E-state index in [9.17, 15) is 4.79 Å². The number of methoxy groups -OCH3 is 2. The predicted molar refractivity (Wildman–Crippen MR) is 81.6 cm³/mol. The first kappa shape index (κ1) is 15.4. The van der Waals surface area contributed by atoms with Crippen LogP contribution in [0.15, 0.2) is 18.2 Å². The smallest absolute Gasteiger partial charge is 0.210 e. The Morgan fingerprint density at radius 1 is 1.19 bits per heavy atom. The van der Waals surface area contributed by atoms with Crippen LogP contribution in [0.4, 0.5) is 0 Å². The summed E-state index contributed by atoms with van der Waals surface area (Å²) >= 11 is 1.11. The summed E-state index contributed by atoms with van der Waals surface area (Å²) in [6.45, 7) is 6.02. The highest BCUT2D eigenvalue weighted by Crippen LogP contribution is 2.31. The Morgan fingerprint density at radius 3 is 2.48 bits per heavy atom. The van der Waals surface area contributed by atoms with Crippen molar-refractivity contribution in [2.24, 2.45) is 0 Å². The summed E-state index contributed by atoms with van der Waals surface area (Å²) in [6, 6.07) is 5.13. The van der Waals surface area contributed by atoms with Gasteiger partial charge < -0.3 is 9.47 Å². The fourth-order valence-corrected chi connectivity index (χ4v) is 2.77. The summed E-state index contributed by atoms with van der Waals surface area (Å²) in [4.78, 5) is 13.3. The SMILES string of the molecule is COc1ccc(C(=O)c2snnc2C(C)(C)C)c(OC)c1. The van der Waals surface area contributed by atoms with Gasteiger partial charge in [0.1, 0.15) is 16.4 Å². The summed E-state index contributed by atoms with van der Waals surface area (Å²) in [6.07, 6.45) is 0. The van der Waals surface area contributed by atoms with Crippen LogP contribution in [0, 0.1) is 0 Å². The Hall–Kier alpha value is -1.95. The van der Waals surface area contributed by atoms with E-state index in [4.69, 9.17) is 9.47 Å². The molecule has 1 heterocycles. The normalized spacial score (nSPS) is 11.3. The molecule has 0 N–H and O–H groups in total. The molecule has 112 valence electrons. The minimum Gasteiger partial charge on any atom is -0.497 e. The van der Waals surface area contributed by atoms with Gasteiger partial charge in [-0.15, -0.1) is 5.10 Å². The maximum Gasteiger partial charge on any atom is 0.210 e. The van der Waals surface area contributed by atoms with Crippen molar-refractivity contribution in [2.45, 2.75) is 26.2 Å². The Bertz CT molecular complexity index is 659. The zero-order valence-corrected chi connectivity index (χ0v) is 13.6. The molecule has 0 bridgehead atoms. The van der Waals surface area contributed by atoms with Gasteiger partial charge in [0.15, 0.2) is 0 Å². The van der Waals surface area contributed by atoms with E-state index in [2.05, 4.69) is 9.59 Å². The zero-order valence-electron chi connectivity index (χ0n) is 12.8. The summed E-state index contributed by atoms with van der Waals surface area (Å²) in [5, 5.41) is 4.11. The van der Waals surface area contributed by atoms with Gasteiger partial charge in [-0.25, -0.2) is 0 Å². The molecule has 0 unspecified atom stereocenters. The summed E-state index contributed by atoms with van der Waals surface area (Å²) in [5.74, 6) is 0.990. The third-order valence-corrected chi connectivity index (χ3v) is 3.78. The number of hydrogen-bond donors (Lipinski definition) is 0. The highest BCUT2D eigenvalue weighted by molar-refractivity contribution is 7.08. The number of carbonyl (C=O) groups is 1. The first-order valence-electron chi connectivity index (χ1n) is 6.48. The first-order chi connectivity index (χ1) is 9.88. The number of benzene rings is 1. The number of ether oxygens (including phenoxy) is 2. The lowest BCUT2D eigenvalue weighted by molar-refractivity contribution is 0.103. The van der Waals surface area contributed by atoms with Crippen LogP contribution in [0.2, 0.25) is 0 Å². The number of ketones is 1. The van der Waals surface area contributed by atoms with E-state index in [1.54, 1.807) is 25.3 Å². The molecule has 0 amide bonds. The fourth-order valence-electron chi connectivity index (χ4n) is 1.94. The maximum absolute atomic E-state index is 12.8. The van der Waals surface area contributed by atoms with E-state index in [0.717, 1.165) is 11.5 Å². The van der Waals surface area contributed by atoms with Gasteiger partial charge >= 0.3 is 0 Å². The molecular formula is C15H18N2O3S. The zero-order chi connectivity index (χ0) is 15.6. The lowest BCUT2D eigenvalue weighted by Crippen LogP contribution is -2.17. The van der Waals surface area contributed by atoms with Crippen molar-refractivity contribution in [2.75, 3.05) is 14.2 Å². The molecule has 0 fully saturated rings. The van der Waals surface area contributed by atoms with Crippen molar-refractivity contribution in [3.63, 3.8) is 0 Å². The minimum atomic E-state index is -0.238. The Labute approximate surface area is 128 Å². The van der Waals surface area contributed by atoms with Gasteiger partial charge in [-0.2, -0.15) is 0 Å². The van der Waals surface area contributed by atoms with Gasteiger partial charge in [0.25, 0.3) is 0 Å². The number of nitrogens with zero attached hydrogens (tertiary/aromatic N) is 2. The monoisotopic (exact) mass is 306 g/mol. The molecule has 0 spiro atoms. The third-order valence-electron chi connectivity index (χ3n) is 3.06. The van der Waals surface area contributed by atoms with Crippen LogP contribution in [0.1, 0.15) is 41.7 Å². The Balaban J connectivity index is 2.48. The lowest BCUT2D eigenvalue weighted by atomic mass is 9.90. The van der Waals surface area contributed by atoms with Crippen molar-refractivity contribution in [3.8, 4) is 11.5 Å². The molecule has 1 aromatic heterocycles. The molecular weight excluding hydrogens is 288 g/mol. The second kappa shape index (κ2) is 5.81. The first-order valence-corrected chi connectivity index (χ1v) is 7.25. The van der Waals surface area contributed by atoms with E-state index in [1.807, 2.05) is 20.8 Å². The van der Waals surface area contributed by atoms with E-state index in [1.165, 1.54) is 7.11 Å². The number of rotatable bonds is 4. The average molecular weight is 306 g/mol. The summed E-state index contributed by atoms with van der Waals surface area (Å²) in [5.41, 5.74) is 0.947. The highest BCUT2D eigenvalue weighted by Gasteiger charge is 2.28. The van der Waals surface area contributed by atoms with Crippen LogP contribution in [-0.2, 0) is 5.41 Å². The predicted octanol–water partition coefficient (Wildman–Crippen LogP) is 3.08. The van der Waals surface area contributed by atoms with Crippen molar-refractivity contribution < 1.29 is 14.3 Å². The molecule has 0 aliphatic heterocycles. The minimum absolute atomic E-state index is 0.130. The Morgan fingerprint density at radius 2 is 1.90 bits per heavy atom. The van der Waals surface area contributed by atoms with Gasteiger partial charge in [0.05, 0.1) is 25.5 Å². The number of aromatic nitrogens is 2. The largest absolute Gasteiger partial charge is 0.497 e.